The van der Waals surface area contributed by atoms with Gasteiger partial charge in [0.1, 0.15) is 6.04 Å². The summed E-state index contributed by atoms with van der Waals surface area (Å²) >= 11 is 0. The fourth-order valence-corrected chi connectivity index (χ4v) is 1.64. The second-order valence-electron chi connectivity index (χ2n) is 4.25. The average molecular weight is 295 g/mol. The zero-order valence-corrected chi connectivity index (χ0v) is 11.5. The molecule has 0 heterocycles. The van der Waals surface area contributed by atoms with E-state index in [4.69, 9.17) is 15.6 Å². The molecule has 1 rings (SSSR count). The first kappa shape index (κ1) is 16.4. The first-order valence-electron chi connectivity index (χ1n) is 6.09. The largest absolute Gasteiger partial charge is 0.480 e. The Hall–Kier alpha value is -2.61. The van der Waals surface area contributed by atoms with Gasteiger partial charge in [-0.25, -0.2) is 9.59 Å². The van der Waals surface area contributed by atoms with Crippen molar-refractivity contribution in [2.24, 2.45) is 5.73 Å². The topological polar surface area (TPSA) is 131 Å². The zero-order chi connectivity index (χ0) is 15.8. The predicted octanol–water partition coefficient (Wildman–Crippen LogP) is 0.283. The second-order valence-corrected chi connectivity index (χ2v) is 4.25. The minimum atomic E-state index is -1.38. The van der Waals surface area contributed by atoms with Crippen molar-refractivity contribution in [3.63, 3.8) is 0 Å². The summed E-state index contributed by atoms with van der Waals surface area (Å²) < 4.78 is 5.00. The maximum atomic E-state index is 11.8. The summed E-state index contributed by atoms with van der Waals surface area (Å²) in [5, 5.41) is 13.6. The molecule has 0 saturated heterocycles. The van der Waals surface area contributed by atoms with E-state index in [2.05, 4.69) is 10.6 Å². The number of nitrogens with two attached hydrogens (primary N) is 1. The van der Waals surface area contributed by atoms with Gasteiger partial charge in [-0.3, -0.25) is 4.79 Å². The van der Waals surface area contributed by atoms with Crippen molar-refractivity contribution in [2.75, 3.05) is 12.4 Å². The Morgan fingerprint density at radius 3 is 2.57 bits per heavy atom. The summed E-state index contributed by atoms with van der Waals surface area (Å²) in [6.07, 6.45) is -0.484. The number of nitrogens with one attached hydrogen (secondary N) is 2. The van der Waals surface area contributed by atoms with Crippen LogP contribution in [-0.2, 0) is 20.9 Å². The molecule has 8 nitrogen and oxygen atoms in total. The van der Waals surface area contributed by atoms with Crippen LogP contribution in [0.2, 0.25) is 0 Å². The van der Waals surface area contributed by atoms with E-state index in [1.54, 1.807) is 24.3 Å². The zero-order valence-electron chi connectivity index (χ0n) is 11.5. The molecule has 0 aliphatic heterocycles. The highest BCUT2D eigenvalue weighted by molar-refractivity contribution is 5.94. The summed E-state index contributed by atoms with van der Waals surface area (Å²) in [6.45, 7) is 0.292. The third-order valence-electron chi connectivity index (χ3n) is 2.57. The van der Waals surface area contributed by atoms with Crippen LogP contribution in [0, 0.1) is 0 Å². The van der Waals surface area contributed by atoms with Crippen LogP contribution in [-0.4, -0.2) is 36.2 Å². The third kappa shape index (κ3) is 5.49. The van der Waals surface area contributed by atoms with E-state index in [9.17, 15) is 14.4 Å². The molecule has 0 spiro atoms. The summed E-state index contributed by atoms with van der Waals surface area (Å²) in [6, 6.07) is 4.79. The number of para-hydroxylation sites is 1. The molecular weight excluding hydrogens is 278 g/mol. The number of benzene rings is 1. The van der Waals surface area contributed by atoms with E-state index in [-0.39, 0.29) is 0 Å². The van der Waals surface area contributed by atoms with Crippen LogP contribution < -0.4 is 16.4 Å². The molecule has 3 amide bonds. The second kappa shape index (κ2) is 7.85. The number of hydrogen-bond donors (Lipinski definition) is 4. The van der Waals surface area contributed by atoms with E-state index < -0.39 is 30.4 Å². The fourth-order valence-electron chi connectivity index (χ4n) is 1.64. The van der Waals surface area contributed by atoms with E-state index in [1.807, 2.05) is 0 Å². The highest BCUT2D eigenvalue weighted by Gasteiger charge is 2.22. The van der Waals surface area contributed by atoms with E-state index in [1.165, 1.54) is 7.11 Å². The number of carboxylic acid groups (broad SMARTS) is 1. The Labute approximate surface area is 121 Å². The Balaban J connectivity index is 2.72. The lowest BCUT2D eigenvalue weighted by Gasteiger charge is -2.15. The number of anilines is 1. The third-order valence-corrected chi connectivity index (χ3v) is 2.57. The lowest BCUT2D eigenvalue weighted by molar-refractivity contribution is -0.140. The lowest BCUT2D eigenvalue weighted by atomic mass is 10.2. The maximum absolute atomic E-state index is 11.8. The number of methoxy groups -OCH3 is 1. The quantitative estimate of drug-likeness (QED) is 0.574. The monoisotopic (exact) mass is 295 g/mol. The minimum absolute atomic E-state index is 0.292. The number of carbonyl (C=O) groups is 3. The molecule has 0 saturated carbocycles. The molecule has 1 aromatic rings. The molecule has 0 aromatic heterocycles. The van der Waals surface area contributed by atoms with Crippen LogP contribution in [0.5, 0.6) is 0 Å². The normalized spacial score (nSPS) is 11.5. The summed E-state index contributed by atoms with van der Waals surface area (Å²) in [5.41, 5.74) is 6.15. The van der Waals surface area contributed by atoms with Crippen LogP contribution in [0.15, 0.2) is 24.3 Å². The first-order valence-corrected chi connectivity index (χ1v) is 6.09. The van der Waals surface area contributed by atoms with Gasteiger partial charge in [0.2, 0.25) is 5.91 Å². The van der Waals surface area contributed by atoms with Gasteiger partial charge in [-0.2, -0.15) is 0 Å². The molecule has 8 heteroatoms. The molecule has 114 valence electrons. The molecule has 0 bridgehead atoms. The number of hydrogen-bond acceptors (Lipinski definition) is 4. The smallest absolute Gasteiger partial charge is 0.326 e. The van der Waals surface area contributed by atoms with Crippen LogP contribution in [0.4, 0.5) is 10.5 Å². The van der Waals surface area contributed by atoms with Gasteiger partial charge in [0.25, 0.3) is 0 Å². The van der Waals surface area contributed by atoms with Gasteiger partial charge in [0, 0.05) is 18.4 Å². The molecule has 1 aromatic carbocycles. The van der Waals surface area contributed by atoms with Crippen molar-refractivity contribution >= 4 is 23.6 Å². The number of amides is 3. The van der Waals surface area contributed by atoms with Crippen molar-refractivity contribution in [3.05, 3.63) is 29.8 Å². The standard InChI is InChI=1S/C13H17N3O5/c1-21-7-8-4-2-3-5-9(8)15-13(20)16-10(12(18)19)6-11(14)17/h2-5,10H,6-7H2,1H3,(H2,14,17)(H,18,19)(H2,15,16,20)/t10-/m1/s1. The van der Waals surface area contributed by atoms with Gasteiger partial charge >= 0.3 is 12.0 Å². The van der Waals surface area contributed by atoms with Crippen LogP contribution in [0.25, 0.3) is 0 Å². The summed E-state index contributed by atoms with van der Waals surface area (Å²) in [7, 11) is 1.52. The average Bonchev–Trinajstić information content (AvgIpc) is 2.40. The number of aliphatic carboxylic acids is 1. The van der Waals surface area contributed by atoms with Crippen molar-refractivity contribution in [2.45, 2.75) is 19.1 Å². The lowest BCUT2D eigenvalue weighted by Crippen LogP contribution is -2.45. The van der Waals surface area contributed by atoms with Crippen LogP contribution >= 0.6 is 0 Å². The molecule has 0 aliphatic rings. The Bertz CT molecular complexity index is 532. The maximum Gasteiger partial charge on any atom is 0.326 e. The summed E-state index contributed by atoms with van der Waals surface area (Å²) in [5.74, 6) is -2.16. The van der Waals surface area contributed by atoms with Gasteiger partial charge in [-0.05, 0) is 6.07 Å². The number of rotatable bonds is 7. The SMILES string of the molecule is COCc1ccccc1NC(=O)N[C@H](CC(N)=O)C(=O)O. The number of ether oxygens (including phenoxy) is 1. The van der Waals surface area contributed by atoms with Crippen molar-refractivity contribution in [1.29, 1.82) is 0 Å². The Morgan fingerprint density at radius 2 is 2.00 bits per heavy atom. The Morgan fingerprint density at radius 1 is 1.33 bits per heavy atom. The van der Waals surface area contributed by atoms with Gasteiger partial charge in [-0.1, -0.05) is 18.2 Å². The predicted molar refractivity (Wildman–Crippen MR) is 74.5 cm³/mol. The number of primary amides is 1. The van der Waals surface area contributed by atoms with E-state index >= 15 is 0 Å². The molecule has 21 heavy (non-hydrogen) atoms. The molecule has 0 unspecified atom stereocenters. The minimum Gasteiger partial charge on any atom is -0.480 e. The highest BCUT2D eigenvalue weighted by atomic mass is 16.5. The van der Waals surface area contributed by atoms with Gasteiger partial charge in [0.15, 0.2) is 0 Å². The molecule has 1 atom stereocenters. The van der Waals surface area contributed by atoms with E-state index in [0.717, 1.165) is 5.56 Å². The van der Waals surface area contributed by atoms with Gasteiger partial charge in [0.05, 0.1) is 13.0 Å². The van der Waals surface area contributed by atoms with Crippen LogP contribution in [0.3, 0.4) is 0 Å². The van der Waals surface area contributed by atoms with Crippen molar-refractivity contribution in [1.82, 2.24) is 5.32 Å². The number of carboxylic acids is 1. The number of carbonyl (C=O) groups excluding carboxylic acids is 2. The molecule has 0 radical (unpaired) electrons. The van der Waals surface area contributed by atoms with Crippen molar-refractivity contribution in [3.8, 4) is 0 Å². The molecular formula is C13H17N3O5. The van der Waals surface area contributed by atoms with E-state index in [0.29, 0.717) is 12.3 Å². The molecule has 5 N–H and O–H groups in total. The summed E-state index contributed by atoms with van der Waals surface area (Å²) in [4.78, 5) is 33.5. The molecule has 0 fully saturated rings. The highest BCUT2D eigenvalue weighted by Crippen LogP contribution is 2.15. The fraction of sp³-hybridized carbons (Fsp3) is 0.308. The molecule has 0 aliphatic carbocycles. The van der Waals surface area contributed by atoms with Gasteiger partial charge < -0.3 is 26.2 Å². The van der Waals surface area contributed by atoms with Crippen LogP contribution in [0.1, 0.15) is 12.0 Å². The Kier molecular flexibility index (Phi) is 6.15. The first-order chi connectivity index (χ1) is 9.93. The van der Waals surface area contributed by atoms with Gasteiger partial charge in [-0.15, -0.1) is 0 Å². The van der Waals surface area contributed by atoms with Crippen molar-refractivity contribution < 1.29 is 24.2 Å². The number of urea groups is 1.